The fourth-order valence-corrected chi connectivity index (χ4v) is 6.54. The van der Waals surface area contributed by atoms with Crippen molar-refractivity contribution in [3.05, 3.63) is 81.0 Å². The van der Waals surface area contributed by atoms with Crippen LogP contribution in [0.25, 0.3) is 15.9 Å². The standard InChI is InChI=1S/C26H25N3O2S2/c1-16-12-13-19-21(14-16)33-24-23(19)25(31)29(18-9-4-3-5-10-18)26(28-24)32-15-22(30)27-20-11-7-6-8-17(20)2/h3-11,16H,12-15H2,1-2H3,(H,27,30). The number of benzene rings is 2. The summed E-state index contributed by atoms with van der Waals surface area (Å²) in [4.78, 5) is 33.4. The van der Waals surface area contributed by atoms with Gasteiger partial charge in [-0.25, -0.2) is 4.98 Å². The summed E-state index contributed by atoms with van der Waals surface area (Å²) < 4.78 is 1.67. The highest BCUT2D eigenvalue weighted by atomic mass is 32.2. The van der Waals surface area contributed by atoms with E-state index in [1.165, 1.54) is 22.2 Å². The minimum absolute atomic E-state index is 0.0416. The van der Waals surface area contributed by atoms with Gasteiger partial charge >= 0.3 is 0 Å². The van der Waals surface area contributed by atoms with Crippen LogP contribution in [0.2, 0.25) is 0 Å². The quantitative estimate of drug-likeness (QED) is 0.301. The molecular weight excluding hydrogens is 450 g/mol. The molecule has 2 aromatic heterocycles. The van der Waals surface area contributed by atoms with E-state index in [1.54, 1.807) is 15.9 Å². The van der Waals surface area contributed by atoms with Crippen molar-refractivity contribution in [2.24, 2.45) is 5.92 Å². The second-order valence-electron chi connectivity index (χ2n) is 8.55. The van der Waals surface area contributed by atoms with Crippen molar-refractivity contribution in [2.45, 2.75) is 38.3 Å². The van der Waals surface area contributed by atoms with E-state index < -0.39 is 0 Å². The first-order valence-electron chi connectivity index (χ1n) is 11.1. The molecule has 0 bridgehead atoms. The Morgan fingerprint density at radius 1 is 1.18 bits per heavy atom. The summed E-state index contributed by atoms with van der Waals surface area (Å²) in [5.74, 6) is 0.671. The van der Waals surface area contributed by atoms with Crippen molar-refractivity contribution in [3.8, 4) is 5.69 Å². The Hall–Kier alpha value is -2.90. The van der Waals surface area contributed by atoms with Crippen LogP contribution in [-0.2, 0) is 17.6 Å². The van der Waals surface area contributed by atoms with Gasteiger partial charge in [-0.05, 0) is 61.4 Å². The predicted octanol–water partition coefficient (Wildman–Crippen LogP) is 5.61. The van der Waals surface area contributed by atoms with E-state index >= 15 is 0 Å². The molecule has 168 valence electrons. The second-order valence-corrected chi connectivity index (χ2v) is 10.6. The number of aryl methyl sites for hydroxylation is 2. The van der Waals surface area contributed by atoms with Crippen molar-refractivity contribution >= 4 is 44.9 Å². The van der Waals surface area contributed by atoms with Gasteiger partial charge in [-0.3, -0.25) is 14.2 Å². The molecule has 1 aliphatic rings. The van der Waals surface area contributed by atoms with Gasteiger partial charge in [-0.2, -0.15) is 0 Å². The van der Waals surface area contributed by atoms with Gasteiger partial charge in [0, 0.05) is 10.6 Å². The molecule has 1 atom stereocenters. The van der Waals surface area contributed by atoms with Gasteiger partial charge in [0.1, 0.15) is 4.83 Å². The lowest BCUT2D eigenvalue weighted by Gasteiger charge is -2.17. The molecule has 2 heterocycles. The summed E-state index contributed by atoms with van der Waals surface area (Å²) in [6.07, 6.45) is 3.02. The number of hydrogen-bond acceptors (Lipinski definition) is 5. The van der Waals surface area contributed by atoms with Crippen molar-refractivity contribution in [3.63, 3.8) is 0 Å². The molecule has 4 aromatic rings. The number of thioether (sulfide) groups is 1. The molecule has 0 saturated heterocycles. The molecule has 0 spiro atoms. The monoisotopic (exact) mass is 475 g/mol. The molecule has 2 aromatic carbocycles. The first-order chi connectivity index (χ1) is 16.0. The third-order valence-electron chi connectivity index (χ3n) is 6.06. The number of fused-ring (bicyclic) bond motifs is 3. The van der Waals surface area contributed by atoms with Gasteiger partial charge in [0.25, 0.3) is 5.56 Å². The summed E-state index contributed by atoms with van der Waals surface area (Å²) in [5, 5.41) is 4.26. The maximum absolute atomic E-state index is 13.8. The summed E-state index contributed by atoms with van der Waals surface area (Å²) in [7, 11) is 0. The van der Waals surface area contributed by atoms with E-state index in [-0.39, 0.29) is 17.2 Å². The summed E-state index contributed by atoms with van der Waals surface area (Å²) in [5.41, 5.74) is 3.70. The van der Waals surface area contributed by atoms with Crippen LogP contribution in [0.1, 0.15) is 29.3 Å². The third kappa shape index (κ3) is 4.35. The van der Waals surface area contributed by atoms with Gasteiger partial charge in [0.15, 0.2) is 5.16 Å². The van der Waals surface area contributed by atoms with E-state index in [0.717, 1.165) is 46.4 Å². The van der Waals surface area contributed by atoms with Crippen LogP contribution in [0.4, 0.5) is 5.69 Å². The van der Waals surface area contributed by atoms with Crippen LogP contribution >= 0.6 is 23.1 Å². The van der Waals surface area contributed by atoms with Crippen LogP contribution in [0.5, 0.6) is 0 Å². The lowest BCUT2D eigenvalue weighted by Crippen LogP contribution is -2.23. The Balaban J connectivity index is 1.52. The van der Waals surface area contributed by atoms with Crippen molar-refractivity contribution < 1.29 is 4.79 Å². The first-order valence-corrected chi connectivity index (χ1v) is 12.9. The molecule has 1 aliphatic carbocycles. The number of nitrogens with one attached hydrogen (secondary N) is 1. The third-order valence-corrected chi connectivity index (χ3v) is 8.15. The van der Waals surface area contributed by atoms with Gasteiger partial charge in [0.2, 0.25) is 5.91 Å². The van der Waals surface area contributed by atoms with Gasteiger partial charge in [-0.1, -0.05) is 55.1 Å². The highest BCUT2D eigenvalue weighted by Gasteiger charge is 2.25. The zero-order valence-electron chi connectivity index (χ0n) is 18.6. The van der Waals surface area contributed by atoms with Crippen LogP contribution in [0, 0.1) is 12.8 Å². The Morgan fingerprint density at radius 2 is 1.94 bits per heavy atom. The Labute approximate surface area is 200 Å². The molecule has 7 heteroatoms. The Kier molecular flexibility index (Phi) is 6.08. The number of hydrogen-bond donors (Lipinski definition) is 1. The van der Waals surface area contributed by atoms with E-state index in [2.05, 4.69) is 12.2 Å². The Morgan fingerprint density at radius 3 is 2.73 bits per heavy atom. The predicted molar refractivity (Wildman–Crippen MR) is 137 cm³/mol. The van der Waals surface area contributed by atoms with E-state index in [9.17, 15) is 9.59 Å². The highest BCUT2D eigenvalue weighted by Crippen LogP contribution is 2.37. The van der Waals surface area contributed by atoms with Crippen molar-refractivity contribution in [1.82, 2.24) is 9.55 Å². The SMILES string of the molecule is Cc1ccccc1NC(=O)CSc1nc2sc3c(c2c(=O)n1-c1ccccc1)CCC(C)C3. The molecule has 5 rings (SSSR count). The molecule has 0 radical (unpaired) electrons. The molecule has 1 amide bonds. The summed E-state index contributed by atoms with van der Waals surface area (Å²) in [6.45, 7) is 4.22. The molecule has 0 saturated carbocycles. The largest absolute Gasteiger partial charge is 0.325 e. The lowest BCUT2D eigenvalue weighted by molar-refractivity contribution is -0.113. The molecule has 0 aliphatic heterocycles. The average molecular weight is 476 g/mol. The molecular formula is C26H25N3O2S2. The van der Waals surface area contributed by atoms with Gasteiger partial charge in [0.05, 0.1) is 16.8 Å². The fraction of sp³-hybridized carbons (Fsp3) is 0.269. The minimum Gasteiger partial charge on any atom is -0.325 e. The smallest absolute Gasteiger partial charge is 0.267 e. The summed E-state index contributed by atoms with van der Waals surface area (Å²) >= 11 is 2.93. The fourth-order valence-electron chi connectivity index (χ4n) is 4.30. The number of thiophene rings is 1. The summed E-state index contributed by atoms with van der Waals surface area (Å²) in [6, 6.07) is 17.3. The maximum atomic E-state index is 13.8. The van der Waals surface area contributed by atoms with E-state index in [1.807, 2.05) is 61.5 Å². The minimum atomic E-state index is -0.123. The van der Waals surface area contributed by atoms with Gasteiger partial charge in [-0.15, -0.1) is 11.3 Å². The average Bonchev–Trinajstić information content (AvgIpc) is 3.17. The molecule has 1 unspecified atom stereocenters. The van der Waals surface area contributed by atoms with Crippen molar-refractivity contribution in [2.75, 3.05) is 11.1 Å². The first kappa shape index (κ1) is 21.9. The lowest BCUT2D eigenvalue weighted by atomic mass is 9.89. The van der Waals surface area contributed by atoms with Gasteiger partial charge < -0.3 is 5.32 Å². The number of carbonyl (C=O) groups excluding carboxylic acids is 1. The van der Waals surface area contributed by atoms with Crippen LogP contribution < -0.4 is 10.9 Å². The highest BCUT2D eigenvalue weighted by molar-refractivity contribution is 7.99. The number of nitrogens with zero attached hydrogens (tertiary/aromatic N) is 2. The number of amides is 1. The molecule has 5 nitrogen and oxygen atoms in total. The van der Waals surface area contributed by atoms with Crippen LogP contribution in [0.15, 0.2) is 64.5 Å². The zero-order valence-corrected chi connectivity index (χ0v) is 20.3. The van der Waals surface area contributed by atoms with Crippen molar-refractivity contribution in [1.29, 1.82) is 0 Å². The number of para-hydroxylation sites is 2. The Bertz CT molecular complexity index is 1390. The number of aromatic nitrogens is 2. The molecule has 33 heavy (non-hydrogen) atoms. The number of rotatable bonds is 5. The zero-order chi connectivity index (χ0) is 22.9. The van der Waals surface area contributed by atoms with Crippen LogP contribution in [-0.4, -0.2) is 21.2 Å². The van der Waals surface area contributed by atoms with E-state index in [4.69, 9.17) is 4.98 Å². The number of carbonyl (C=O) groups is 1. The topological polar surface area (TPSA) is 64.0 Å². The maximum Gasteiger partial charge on any atom is 0.267 e. The molecule has 0 fully saturated rings. The normalized spacial score (nSPS) is 15.4. The second kappa shape index (κ2) is 9.15. The van der Waals surface area contributed by atoms with E-state index in [0.29, 0.717) is 11.1 Å². The van der Waals surface area contributed by atoms with Crippen LogP contribution in [0.3, 0.4) is 0 Å². The number of anilines is 1. The molecule has 1 N–H and O–H groups in total.